The van der Waals surface area contributed by atoms with Crippen molar-refractivity contribution < 1.29 is 14.0 Å². The zero-order chi connectivity index (χ0) is 31.6. The number of likely N-dealkylation sites (tertiary alicyclic amines) is 1. The molecule has 2 fully saturated rings. The predicted octanol–water partition coefficient (Wildman–Crippen LogP) is 4.22. The molecule has 0 spiro atoms. The van der Waals surface area contributed by atoms with E-state index in [4.69, 9.17) is 0 Å². The summed E-state index contributed by atoms with van der Waals surface area (Å²) < 4.78 is 13.4. The Balaban J connectivity index is 0.917. The molecule has 46 heavy (non-hydrogen) atoms. The number of aromatic amines is 1. The summed E-state index contributed by atoms with van der Waals surface area (Å²) in [6.45, 7) is 5.57. The molecule has 5 aromatic rings. The molecule has 0 radical (unpaired) electrons. The van der Waals surface area contributed by atoms with Crippen molar-refractivity contribution >= 4 is 34.2 Å². The first-order valence-corrected chi connectivity index (χ1v) is 15.5. The van der Waals surface area contributed by atoms with Crippen LogP contribution in [0.4, 0.5) is 15.9 Å². The number of nitrogens with one attached hydrogen (secondary N) is 2. The number of fused-ring (bicyclic) bond motifs is 1. The lowest BCUT2D eigenvalue weighted by Gasteiger charge is -2.41. The van der Waals surface area contributed by atoms with Crippen LogP contribution in [-0.2, 0) is 9.59 Å². The van der Waals surface area contributed by atoms with Gasteiger partial charge in [-0.05, 0) is 80.6 Å². The van der Waals surface area contributed by atoms with E-state index in [1.807, 2.05) is 35.2 Å². The fourth-order valence-electron chi connectivity index (χ4n) is 6.33. The number of carbonyl (C=O) groups excluding carboxylic acids is 2. The summed E-state index contributed by atoms with van der Waals surface area (Å²) in [5, 5.41) is 11.3. The van der Waals surface area contributed by atoms with Gasteiger partial charge in [0.25, 0.3) is 0 Å². The number of amides is 2. The van der Waals surface area contributed by atoms with Crippen molar-refractivity contribution in [1.82, 2.24) is 34.9 Å². The number of hydrogen-bond acceptors (Lipinski definition) is 8. The summed E-state index contributed by atoms with van der Waals surface area (Å²) in [6.07, 6.45) is 5.89. The number of aromatic nitrogens is 5. The first-order chi connectivity index (χ1) is 22.4. The maximum absolute atomic E-state index is 13.4. The highest BCUT2D eigenvalue weighted by Gasteiger charge is 2.33. The number of carbonyl (C=O) groups is 2. The van der Waals surface area contributed by atoms with Gasteiger partial charge in [0.1, 0.15) is 11.6 Å². The lowest BCUT2D eigenvalue weighted by atomic mass is 10.1. The van der Waals surface area contributed by atoms with Crippen LogP contribution >= 0.6 is 0 Å². The third-order valence-electron chi connectivity index (χ3n) is 8.79. The average molecular weight is 620 g/mol. The molecule has 12 heteroatoms. The van der Waals surface area contributed by atoms with E-state index in [2.05, 4.69) is 47.2 Å². The second-order valence-corrected chi connectivity index (χ2v) is 11.9. The van der Waals surface area contributed by atoms with E-state index in [9.17, 15) is 14.0 Å². The van der Waals surface area contributed by atoms with Crippen LogP contribution in [0.3, 0.4) is 0 Å². The minimum atomic E-state index is -0.309. The Morgan fingerprint density at radius 3 is 2.52 bits per heavy atom. The monoisotopic (exact) mass is 619 g/mol. The standard InChI is InChI=1S/C34H34FN9O2/c1-22-19-43(30-10-5-24(18-38-30)33-36-12-2-13-37-33)15-16-44(22)31(45)21-42-14-11-25(20-42)34(46)39-27-8-9-29-28(17-27)32(41-40-29)23-3-6-26(35)7-4-23/h2-10,12-13,17-18,22,25H,11,14-16,19-21H2,1H3,(H,39,46)(H,40,41)/t22-,25?/m0/s1. The van der Waals surface area contributed by atoms with E-state index in [0.717, 1.165) is 27.8 Å². The first-order valence-electron chi connectivity index (χ1n) is 15.5. The van der Waals surface area contributed by atoms with Crippen LogP contribution in [0.25, 0.3) is 33.5 Å². The molecule has 0 aliphatic carbocycles. The lowest BCUT2D eigenvalue weighted by molar-refractivity contribution is -0.134. The Morgan fingerprint density at radius 2 is 1.76 bits per heavy atom. The lowest BCUT2D eigenvalue weighted by Crippen LogP contribution is -2.56. The van der Waals surface area contributed by atoms with Crippen LogP contribution in [0, 0.1) is 11.7 Å². The van der Waals surface area contributed by atoms with E-state index in [0.29, 0.717) is 62.9 Å². The van der Waals surface area contributed by atoms with E-state index in [-0.39, 0.29) is 29.6 Å². The molecule has 0 bridgehead atoms. The molecule has 2 aliphatic heterocycles. The van der Waals surface area contributed by atoms with E-state index in [1.165, 1.54) is 12.1 Å². The molecule has 2 N–H and O–H groups in total. The number of halogens is 1. The topological polar surface area (TPSA) is 123 Å². The van der Waals surface area contributed by atoms with Gasteiger partial charge in [-0.3, -0.25) is 19.6 Å². The minimum absolute atomic E-state index is 0.0273. The van der Waals surface area contributed by atoms with Gasteiger partial charge >= 0.3 is 0 Å². The fraction of sp³-hybridized carbons (Fsp3) is 0.294. The van der Waals surface area contributed by atoms with Crippen molar-refractivity contribution in [3.05, 3.63) is 85.1 Å². The Kier molecular flexibility index (Phi) is 8.10. The Bertz CT molecular complexity index is 1850. The zero-order valence-corrected chi connectivity index (χ0v) is 25.4. The van der Waals surface area contributed by atoms with Crippen molar-refractivity contribution in [2.24, 2.45) is 5.92 Å². The highest BCUT2D eigenvalue weighted by atomic mass is 19.1. The summed E-state index contributed by atoms with van der Waals surface area (Å²) in [5.41, 5.74) is 3.83. The van der Waals surface area contributed by atoms with Crippen LogP contribution in [-0.4, -0.2) is 92.1 Å². The van der Waals surface area contributed by atoms with Crippen molar-refractivity contribution in [2.45, 2.75) is 19.4 Å². The van der Waals surface area contributed by atoms with Gasteiger partial charge in [-0.2, -0.15) is 5.10 Å². The first kappa shape index (κ1) is 29.5. The third kappa shape index (κ3) is 6.16. The van der Waals surface area contributed by atoms with Gasteiger partial charge in [-0.25, -0.2) is 19.3 Å². The van der Waals surface area contributed by atoms with Gasteiger partial charge in [0.15, 0.2) is 5.82 Å². The highest BCUT2D eigenvalue weighted by Crippen LogP contribution is 2.29. The number of hydrogen-bond donors (Lipinski definition) is 2. The number of nitrogens with zero attached hydrogens (tertiary/aromatic N) is 7. The van der Waals surface area contributed by atoms with Crippen LogP contribution in [0.2, 0.25) is 0 Å². The van der Waals surface area contributed by atoms with Crippen LogP contribution < -0.4 is 10.2 Å². The second-order valence-electron chi connectivity index (χ2n) is 11.9. The maximum atomic E-state index is 13.4. The third-order valence-corrected chi connectivity index (χ3v) is 8.79. The quantitative estimate of drug-likeness (QED) is 0.278. The van der Waals surface area contributed by atoms with E-state index in [1.54, 1.807) is 36.8 Å². The van der Waals surface area contributed by atoms with Gasteiger partial charge < -0.3 is 15.1 Å². The molecule has 5 heterocycles. The number of piperazine rings is 1. The van der Waals surface area contributed by atoms with E-state index >= 15 is 0 Å². The molecule has 2 atom stereocenters. The highest BCUT2D eigenvalue weighted by molar-refractivity contribution is 5.99. The molecular formula is C34H34FN9O2. The Labute approximate surface area is 265 Å². The smallest absolute Gasteiger partial charge is 0.237 e. The maximum Gasteiger partial charge on any atom is 0.237 e. The molecule has 0 saturated carbocycles. The van der Waals surface area contributed by atoms with Crippen molar-refractivity contribution in [2.75, 3.05) is 49.5 Å². The van der Waals surface area contributed by atoms with Gasteiger partial charge in [0, 0.05) is 73.0 Å². The normalized spacial score (nSPS) is 18.7. The molecule has 2 amide bonds. The molecule has 2 saturated heterocycles. The van der Waals surface area contributed by atoms with Crippen molar-refractivity contribution in [1.29, 1.82) is 0 Å². The van der Waals surface area contributed by atoms with Crippen LogP contribution in [0.15, 0.2) is 79.3 Å². The summed E-state index contributed by atoms with van der Waals surface area (Å²) >= 11 is 0. The molecule has 7 rings (SSSR count). The van der Waals surface area contributed by atoms with Crippen LogP contribution in [0.5, 0.6) is 0 Å². The Morgan fingerprint density at radius 1 is 0.957 bits per heavy atom. The van der Waals surface area contributed by atoms with Gasteiger partial charge in [0.05, 0.1) is 23.7 Å². The SMILES string of the molecule is C[C@H]1CN(c2ccc(-c3ncccn3)cn2)CCN1C(=O)CN1CCC(C(=O)Nc2ccc3[nH]nc(-c4ccc(F)cc4)c3c2)C1. The summed E-state index contributed by atoms with van der Waals surface area (Å²) in [6, 6.07) is 17.5. The molecule has 1 unspecified atom stereocenters. The number of benzene rings is 2. The molecule has 234 valence electrons. The van der Waals surface area contributed by atoms with Gasteiger partial charge in [0.2, 0.25) is 11.8 Å². The summed E-state index contributed by atoms with van der Waals surface area (Å²) in [4.78, 5) is 46.0. The van der Waals surface area contributed by atoms with E-state index < -0.39 is 0 Å². The van der Waals surface area contributed by atoms with Crippen molar-refractivity contribution in [3.63, 3.8) is 0 Å². The summed E-state index contributed by atoms with van der Waals surface area (Å²) in [5.74, 6) is 0.993. The minimum Gasteiger partial charge on any atom is -0.353 e. The largest absolute Gasteiger partial charge is 0.353 e. The number of H-pyrrole nitrogens is 1. The summed E-state index contributed by atoms with van der Waals surface area (Å²) in [7, 11) is 0. The zero-order valence-electron chi connectivity index (χ0n) is 25.4. The van der Waals surface area contributed by atoms with Crippen LogP contribution in [0.1, 0.15) is 13.3 Å². The number of rotatable bonds is 7. The van der Waals surface area contributed by atoms with Crippen molar-refractivity contribution in [3.8, 4) is 22.6 Å². The second kappa shape index (κ2) is 12.6. The molecule has 2 aliphatic rings. The average Bonchev–Trinajstić information content (AvgIpc) is 3.73. The molecule has 11 nitrogen and oxygen atoms in total. The number of pyridine rings is 1. The van der Waals surface area contributed by atoms with Gasteiger partial charge in [-0.1, -0.05) is 0 Å². The predicted molar refractivity (Wildman–Crippen MR) is 173 cm³/mol. The molecule has 2 aromatic carbocycles. The molecule has 3 aromatic heterocycles. The molecular weight excluding hydrogens is 585 g/mol. The Hall–Kier alpha value is -5.23. The van der Waals surface area contributed by atoms with Gasteiger partial charge in [-0.15, -0.1) is 0 Å². The number of anilines is 2. The fourth-order valence-corrected chi connectivity index (χ4v) is 6.33.